The lowest BCUT2D eigenvalue weighted by atomic mass is 9.92. The molecule has 1 aliphatic carbocycles. The Morgan fingerprint density at radius 3 is 2.41 bits per heavy atom. The van der Waals surface area contributed by atoms with E-state index in [2.05, 4.69) is 46.3 Å². The molecule has 0 radical (unpaired) electrons. The molecular weight excluding hydrogens is 426 g/mol. The second-order valence-electron chi connectivity index (χ2n) is 9.97. The summed E-state index contributed by atoms with van der Waals surface area (Å²) in [5.74, 6) is -1.26. The molecule has 1 aromatic heterocycles. The maximum absolute atomic E-state index is 13.3. The zero-order chi connectivity index (χ0) is 23.0. The molecule has 0 saturated carbocycles. The first kappa shape index (κ1) is 19.9. The van der Waals surface area contributed by atoms with Gasteiger partial charge in [0.15, 0.2) is 0 Å². The van der Waals surface area contributed by atoms with Crippen molar-refractivity contribution >= 4 is 27.8 Å². The summed E-state index contributed by atoms with van der Waals surface area (Å²) >= 11 is 0. The van der Waals surface area contributed by atoms with E-state index in [-0.39, 0.29) is 11.7 Å². The average Bonchev–Trinajstić information content (AvgIpc) is 3.33. The summed E-state index contributed by atoms with van der Waals surface area (Å²) in [7, 11) is 0. The van der Waals surface area contributed by atoms with Crippen molar-refractivity contribution in [3.63, 3.8) is 0 Å². The van der Waals surface area contributed by atoms with E-state index in [9.17, 15) is 14.7 Å². The van der Waals surface area contributed by atoms with Crippen molar-refractivity contribution in [3.8, 4) is 0 Å². The molecule has 34 heavy (non-hydrogen) atoms. The van der Waals surface area contributed by atoms with Gasteiger partial charge in [0.1, 0.15) is 0 Å². The van der Waals surface area contributed by atoms with Crippen LogP contribution >= 0.6 is 0 Å². The highest BCUT2D eigenvalue weighted by atomic mass is 16.4. The molecule has 4 aromatic rings. The fourth-order valence-electron chi connectivity index (χ4n) is 7.04. The topological polar surface area (TPSA) is 75.4 Å². The van der Waals surface area contributed by atoms with Crippen LogP contribution in [0.15, 0.2) is 65.5 Å². The zero-order valence-corrected chi connectivity index (χ0v) is 18.7. The first-order valence-corrected chi connectivity index (χ1v) is 12.1. The predicted molar refractivity (Wildman–Crippen MR) is 130 cm³/mol. The molecule has 2 fully saturated rings. The minimum atomic E-state index is -1.26. The number of carboxylic acid groups (broad SMARTS) is 1. The van der Waals surface area contributed by atoms with Gasteiger partial charge < -0.3 is 9.67 Å². The summed E-state index contributed by atoms with van der Waals surface area (Å²) in [6.45, 7) is 0. The Balaban J connectivity index is 1.28. The third-order valence-corrected chi connectivity index (χ3v) is 8.28. The summed E-state index contributed by atoms with van der Waals surface area (Å²) in [6.07, 6.45) is 4.98. The van der Waals surface area contributed by atoms with Gasteiger partial charge in [0, 0.05) is 24.2 Å². The molecule has 0 amide bonds. The second-order valence-corrected chi connectivity index (χ2v) is 9.97. The highest BCUT2D eigenvalue weighted by Gasteiger charge is 2.46. The van der Waals surface area contributed by atoms with E-state index in [1.54, 1.807) is 10.6 Å². The van der Waals surface area contributed by atoms with Gasteiger partial charge in [-0.25, -0.2) is 9.78 Å². The van der Waals surface area contributed by atoms with Crippen molar-refractivity contribution in [1.82, 2.24) is 14.5 Å². The predicted octanol–water partition coefficient (Wildman–Crippen LogP) is 4.71. The van der Waals surface area contributed by atoms with Crippen LogP contribution in [0.25, 0.3) is 21.8 Å². The summed E-state index contributed by atoms with van der Waals surface area (Å²) < 4.78 is 1.73. The Labute approximate surface area is 196 Å². The van der Waals surface area contributed by atoms with E-state index in [0.29, 0.717) is 23.6 Å². The number of para-hydroxylation sites is 2. The van der Waals surface area contributed by atoms with Crippen LogP contribution < -0.4 is 5.56 Å². The van der Waals surface area contributed by atoms with Crippen molar-refractivity contribution in [2.24, 2.45) is 0 Å². The lowest BCUT2D eigenvalue weighted by molar-refractivity contribution is 0.0630. The van der Waals surface area contributed by atoms with Gasteiger partial charge >= 0.3 is 5.97 Å². The van der Waals surface area contributed by atoms with Gasteiger partial charge in [0.25, 0.3) is 5.56 Å². The largest absolute Gasteiger partial charge is 0.476 e. The van der Waals surface area contributed by atoms with Crippen LogP contribution in [0.3, 0.4) is 0 Å². The van der Waals surface area contributed by atoms with Crippen LogP contribution in [-0.4, -0.2) is 37.6 Å². The monoisotopic (exact) mass is 451 g/mol. The Hall–Kier alpha value is -3.51. The molecule has 170 valence electrons. The second kappa shape index (κ2) is 7.24. The number of benzene rings is 3. The van der Waals surface area contributed by atoms with Crippen LogP contribution in [0, 0.1) is 0 Å². The zero-order valence-electron chi connectivity index (χ0n) is 18.7. The number of hydrogen-bond acceptors (Lipinski definition) is 4. The number of hydrogen-bond donors (Lipinski definition) is 1. The molecule has 2 saturated heterocycles. The van der Waals surface area contributed by atoms with Crippen LogP contribution in [0.5, 0.6) is 0 Å². The van der Waals surface area contributed by atoms with E-state index >= 15 is 0 Å². The number of carbonyl (C=O) groups is 1. The van der Waals surface area contributed by atoms with Crippen LogP contribution in [0.1, 0.15) is 59.4 Å². The van der Waals surface area contributed by atoms with Crippen LogP contribution in [0.2, 0.25) is 0 Å². The van der Waals surface area contributed by atoms with E-state index in [0.717, 1.165) is 37.6 Å². The van der Waals surface area contributed by atoms with E-state index in [1.807, 2.05) is 18.2 Å². The normalized spacial score (nSPS) is 25.9. The summed E-state index contributed by atoms with van der Waals surface area (Å²) in [4.78, 5) is 31.9. The fraction of sp³-hybridized carbons (Fsp3) is 0.321. The Morgan fingerprint density at radius 2 is 1.65 bits per heavy atom. The Kier molecular flexibility index (Phi) is 4.24. The van der Waals surface area contributed by atoms with Gasteiger partial charge in [0.2, 0.25) is 5.69 Å². The molecule has 3 aliphatic rings. The minimum absolute atomic E-state index is 0.0215. The van der Waals surface area contributed by atoms with E-state index < -0.39 is 11.5 Å². The molecule has 3 aromatic carbocycles. The number of fused-ring (bicyclic) bond motifs is 3. The van der Waals surface area contributed by atoms with Gasteiger partial charge in [-0.15, -0.1) is 0 Å². The number of piperidine rings is 1. The SMILES string of the molecule is O=C(O)c1nc2ccccc2n(C2C[C@H]3CC[C@@H](C2)N3C2Cc3cccc4cccc2c34)c1=O. The molecule has 6 nitrogen and oxygen atoms in total. The van der Waals surface area contributed by atoms with Gasteiger partial charge in [-0.1, -0.05) is 48.5 Å². The quantitative estimate of drug-likeness (QED) is 0.488. The third kappa shape index (κ3) is 2.75. The highest BCUT2D eigenvalue weighted by molar-refractivity contribution is 5.91. The molecule has 2 unspecified atom stereocenters. The first-order chi connectivity index (χ1) is 16.6. The fourth-order valence-corrected chi connectivity index (χ4v) is 7.04. The van der Waals surface area contributed by atoms with Gasteiger partial charge in [-0.2, -0.15) is 0 Å². The smallest absolute Gasteiger partial charge is 0.360 e. The lowest BCUT2D eigenvalue weighted by Crippen LogP contribution is -2.47. The Bertz CT molecular complexity index is 1520. The third-order valence-electron chi connectivity index (χ3n) is 8.28. The molecule has 0 spiro atoms. The Morgan fingerprint density at radius 1 is 0.912 bits per heavy atom. The number of rotatable bonds is 3. The summed E-state index contributed by atoms with van der Waals surface area (Å²) in [5, 5.41) is 12.4. The summed E-state index contributed by atoms with van der Waals surface area (Å²) in [5.41, 5.74) is 3.29. The van der Waals surface area contributed by atoms with Crippen molar-refractivity contribution in [2.45, 2.75) is 56.3 Å². The lowest BCUT2D eigenvalue weighted by Gasteiger charge is -2.43. The van der Waals surface area contributed by atoms with Gasteiger partial charge in [0.05, 0.1) is 11.0 Å². The molecule has 4 atom stereocenters. The van der Waals surface area contributed by atoms with E-state index in [4.69, 9.17) is 0 Å². The number of nitrogens with zero attached hydrogens (tertiary/aromatic N) is 3. The maximum Gasteiger partial charge on any atom is 0.360 e. The highest BCUT2D eigenvalue weighted by Crippen LogP contribution is 2.50. The molecule has 2 bridgehead atoms. The van der Waals surface area contributed by atoms with Crippen molar-refractivity contribution in [2.75, 3.05) is 0 Å². The van der Waals surface area contributed by atoms with Crippen LogP contribution in [0.4, 0.5) is 0 Å². The standard InChI is InChI=1S/C28H25N3O3/c32-27-26(28(33)34)29-22-9-1-2-10-23(22)31(27)20-14-18-11-12-19(15-20)30(18)24-13-17-7-3-5-16-6-4-8-21(24)25(16)17/h1-10,18-20,24H,11-15H2,(H,33,34)/t18-,19+,20?,24?. The van der Waals surface area contributed by atoms with Gasteiger partial charge in [-0.05, 0) is 66.1 Å². The molecule has 2 aliphatic heterocycles. The molecule has 1 N–H and O–H groups in total. The molecule has 7 rings (SSSR count). The number of carboxylic acids is 1. The average molecular weight is 452 g/mol. The van der Waals surface area contributed by atoms with E-state index in [1.165, 1.54) is 21.9 Å². The summed E-state index contributed by atoms with van der Waals surface area (Å²) in [6, 6.07) is 21.8. The first-order valence-electron chi connectivity index (χ1n) is 12.1. The molecule has 3 heterocycles. The minimum Gasteiger partial charge on any atom is -0.476 e. The molecule has 6 heteroatoms. The van der Waals surface area contributed by atoms with Crippen molar-refractivity contribution in [1.29, 1.82) is 0 Å². The van der Waals surface area contributed by atoms with Crippen molar-refractivity contribution < 1.29 is 9.90 Å². The van der Waals surface area contributed by atoms with Gasteiger partial charge in [-0.3, -0.25) is 9.69 Å². The van der Waals surface area contributed by atoms with Crippen molar-refractivity contribution in [3.05, 3.63) is 87.8 Å². The number of aromatic carboxylic acids is 1. The van der Waals surface area contributed by atoms with Crippen LogP contribution in [-0.2, 0) is 6.42 Å². The molecular formula is C28H25N3O3. The maximum atomic E-state index is 13.3. The number of aromatic nitrogens is 2.